The van der Waals surface area contributed by atoms with Gasteiger partial charge in [-0.1, -0.05) is 6.92 Å². The van der Waals surface area contributed by atoms with Crippen molar-refractivity contribution in [2.75, 3.05) is 0 Å². The number of carboxylic acid groups (broad SMARTS) is 1. The lowest BCUT2D eigenvalue weighted by atomic mass is 9.68. The number of aliphatic carboxylic acids is 1. The number of hydrogen-bond acceptors (Lipinski definition) is 3. The lowest BCUT2D eigenvalue weighted by Gasteiger charge is -2.34. The van der Waals surface area contributed by atoms with Gasteiger partial charge in [0.05, 0.1) is 11.8 Å². The summed E-state index contributed by atoms with van der Waals surface area (Å²) in [6.45, 7) is 3.80. The Morgan fingerprint density at radius 1 is 1.64 bits per heavy atom. The zero-order chi connectivity index (χ0) is 10.5. The number of carbonyl (C=O) groups is 2. The molecule has 0 aromatic carbocycles. The SMILES string of the molecule is CC1C2C(=O)OC1(C)CCC2C(=O)O. The first kappa shape index (κ1) is 9.49. The van der Waals surface area contributed by atoms with Gasteiger partial charge in [0.2, 0.25) is 0 Å². The number of ether oxygens (including phenoxy) is 1. The van der Waals surface area contributed by atoms with Gasteiger partial charge in [-0.25, -0.2) is 0 Å². The molecule has 0 aromatic heterocycles. The molecule has 0 amide bonds. The van der Waals surface area contributed by atoms with Crippen molar-refractivity contribution in [3.05, 3.63) is 0 Å². The maximum absolute atomic E-state index is 11.5. The molecule has 4 nitrogen and oxygen atoms in total. The first-order valence-corrected chi connectivity index (χ1v) is 4.91. The summed E-state index contributed by atoms with van der Waals surface area (Å²) in [5, 5.41) is 8.97. The third-order valence-electron chi connectivity index (χ3n) is 3.81. The fourth-order valence-electron chi connectivity index (χ4n) is 2.66. The second-order valence-corrected chi connectivity index (χ2v) is 4.53. The van der Waals surface area contributed by atoms with E-state index in [2.05, 4.69) is 0 Å². The normalized spacial score (nSPS) is 46.1. The average molecular weight is 198 g/mol. The highest BCUT2D eigenvalue weighted by Gasteiger charge is 2.58. The van der Waals surface area contributed by atoms with Crippen molar-refractivity contribution in [1.82, 2.24) is 0 Å². The van der Waals surface area contributed by atoms with Crippen LogP contribution in [0.1, 0.15) is 26.7 Å². The van der Waals surface area contributed by atoms with E-state index in [9.17, 15) is 9.59 Å². The summed E-state index contributed by atoms with van der Waals surface area (Å²) >= 11 is 0. The molecule has 2 rings (SSSR count). The number of hydrogen-bond donors (Lipinski definition) is 1. The van der Waals surface area contributed by atoms with Gasteiger partial charge in [-0.2, -0.15) is 0 Å². The Morgan fingerprint density at radius 3 is 2.86 bits per heavy atom. The van der Waals surface area contributed by atoms with Crippen LogP contribution in [0.5, 0.6) is 0 Å². The number of fused-ring (bicyclic) bond motifs is 2. The van der Waals surface area contributed by atoms with Crippen LogP contribution in [0.2, 0.25) is 0 Å². The molecule has 2 fully saturated rings. The zero-order valence-electron chi connectivity index (χ0n) is 8.32. The average Bonchev–Trinajstić information content (AvgIpc) is 2.25. The van der Waals surface area contributed by atoms with Gasteiger partial charge in [-0.05, 0) is 19.8 Å². The Bertz CT molecular complexity index is 298. The molecule has 14 heavy (non-hydrogen) atoms. The summed E-state index contributed by atoms with van der Waals surface area (Å²) in [4.78, 5) is 22.4. The molecule has 0 radical (unpaired) electrons. The lowest BCUT2D eigenvalue weighted by molar-refractivity contribution is -0.152. The van der Waals surface area contributed by atoms with Gasteiger partial charge in [0.1, 0.15) is 5.60 Å². The summed E-state index contributed by atoms with van der Waals surface area (Å²) in [5.74, 6) is -2.17. The predicted molar refractivity (Wildman–Crippen MR) is 47.5 cm³/mol. The van der Waals surface area contributed by atoms with E-state index in [-0.39, 0.29) is 11.9 Å². The van der Waals surface area contributed by atoms with E-state index >= 15 is 0 Å². The van der Waals surface area contributed by atoms with Crippen LogP contribution in [0.3, 0.4) is 0 Å². The summed E-state index contributed by atoms with van der Waals surface area (Å²) in [7, 11) is 0. The van der Waals surface area contributed by atoms with Gasteiger partial charge >= 0.3 is 11.9 Å². The van der Waals surface area contributed by atoms with Crippen LogP contribution >= 0.6 is 0 Å². The maximum Gasteiger partial charge on any atom is 0.310 e. The van der Waals surface area contributed by atoms with Gasteiger partial charge in [-0.15, -0.1) is 0 Å². The topological polar surface area (TPSA) is 63.6 Å². The highest BCUT2D eigenvalue weighted by Crippen LogP contribution is 2.49. The van der Waals surface area contributed by atoms with E-state index in [0.717, 1.165) is 0 Å². The van der Waals surface area contributed by atoms with E-state index in [1.807, 2.05) is 13.8 Å². The Morgan fingerprint density at radius 2 is 2.29 bits per heavy atom. The van der Waals surface area contributed by atoms with Crippen molar-refractivity contribution in [2.24, 2.45) is 17.8 Å². The fraction of sp³-hybridized carbons (Fsp3) is 0.800. The van der Waals surface area contributed by atoms with Gasteiger partial charge in [-0.3, -0.25) is 9.59 Å². The van der Waals surface area contributed by atoms with E-state index in [4.69, 9.17) is 9.84 Å². The summed E-state index contributed by atoms with van der Waals surface area (Å²) in [6, 6.07) is 0. The molecule has 1 N–H and O–H groups in total. The molecule has 4 atom stereocenters. The first-order valence-electron chi connectivity index (χ1n) is 4.91. The van der Waals surface area contributed by atoms with Crippen LogP contribution in [-0.4, -0.2) is 22.6 Å². The minimum atomic E-state index is -0.872. The Balaban J connectivity index is 2.33. The van der Waals surface area contributed by atoms with Crippen molar-refractivity contribution in [2.45, 2.75) is 32.3 Å². The molecule has 4 heteroatoms. The molecule has 1 heterocycles. The molecule has 1 aliphatic carbocycles. The van der Waals surface area contributed by atoms with E-state index in [1.54, 1.807) is 0 Å². The molecular formula is C10H14O4. The van der Waals surface area contributed by atoms with E-state index in [0.29, 0.717) is 12.8 Å². The van der Waals surface area contributed by atoms with Crippen molar-refractivity contribution < 1.29 is 19.4 Å². The summed E-state index contributed by atoms with van der Waals surface area (Å²) < 4.78 is 5.26. The first-order chi connectivity index (χ1) is 6.46. The predicted octanol–water partition coefficient (Wildman–Crippen LogP) is 1.05. The van der Waals surface area contributed by atoms with Crippen LogP contribution in [-0.2, 0) is 14.3 Å². The summed E-state index contributed by atoms with van der Waals surface area (Å²) in [5.41, 5.74) is -0.423. The molecule has 0 aromatic rings. The molecule has 1 saturated heterocycles. The van der Waals surface area contributed by atoms with Crippen molar-refractivity contribution in [1.29, 1.82) is 0 Å². The number of esters is 1. The quantitative estimate of drug-likeness (QED) is 0.639. The van der Waals surface area contributed by atoms with Crippen LogP contribution in [0, 0.1) is 17.8 Å². The molecule has 1 aliphatic heterocycles. The van der Waals surface area contributed by atoms with Crippen LogP contribution < -0.4 is 0 Å². The molecule has 2 bridgehead atoms. The fourth-order valence-corrected chi connectivity index (χ4v) is 2.66. The van der Waals surface area contributed by atoms with E-state index < -0.39 is 23.4 Å². The van der Waals surface area contributed by atoms with Crippen molar-refractivity contribution >= 4 is 11.9 Å². The van der Waals surface area contributed by atoms with Crippen molar-refractivity contribution in [3.63, 3.8) is 0 Å². The highest BCUT2D eigenvalue weighted by molar-refractivity contribution is 5.84. The highest BCUT2D eigenvalue weighted by atomic mass is 16.6. The number of carboxylic acids is 1. The lowest BCUT2D eigenvalue weighted by Crippen LogP contribution is -2.41. The van der Waals surface area contributed by atoms with Crippen LogP contribution in [0.15, 0.2) is 0 Å². The second kappa shape index (κ2) is 2.72. The number of carbonyl (C=O) groups excluding carboxylic acids is 1. The van der Waals surface area contributed by atoms with Crippen LogP contribution in [0.25, 0.3) is 0 Å². The molecule has 78 valence electrons. The molecular weight excluding hydrogens is 184 g/mol. The molecule has 2 aliphatic rings. The van der Waals surface area contributed by atoms with Gasteiger partial charge in [0, 0.05) is 5.92 Å². The third-order valence-corrected chi connectivity index (χ3v) is 3.81. The Hall–Kier alpha value is -1.06. The minimum absolute atomic E-state index is 0.0184. The minimum Gasteiger partial charge on any atom is -0.481 e. The zero-order valence-corrected chi connectivity index (χ0v) is 8.32. The number of rotatable bonds is 1. The maximum atomic E-state index is 11.5. The summed E-state index contributed by atoms with van der Waals surface area (Å²) in [6.07, 6.45) is 1.21. The van der Waals surface area contributed by atoms with E-state index in [1.165, 1.54) is 0 Å². The Kier molecular flexibility index (Phi) is 1.84. The molecule has 1 saturated carbocycles. The smallest absolute Gasteiger partial charge is 0.310 e. The van der Waals surface area contributed by atoms with Crippen LogP contribution in [0.4, 0.5) is 0 Å². The molecule has 4 unspecified atom stereocenters. The largest absolute Gasteiger partial charge is 0.481 e. The monoisotopic (exact) mass is 198 g/mol. The molecule has 0 spiro atoms. The van der Waals surface area contributed by atoms with Gasteiger partial charge < -0.3 is 9.84 Å². The van der Waals surface area contributed by atoms with Gasteiger partial charge in [0.15, 0.2) is 0 Å². The van der Waals surface area contributed by atoms with Gasteiger partial charge in [0.25, 0.3) is 0 Å². The standard InChI is InChI=1S/C10H14O4/c1-5-7-6(8(11)12)3-4-10(5,2)14-9(7)13/h5-7H,3-4H2,1-2H3,(H,11,12). The Labute approximate surface area is 82.2 Å². The van der Waals surface area contributed by atoms with Crippen molar-refractivity contribution in [3.8, 4) is 0 Å². The second-order valence-electron chi connectivity index (χ2n) is 4.53. The third kappa shape index (κ3) is 1.06.